The zero-order chi connectivity index (χ0) is 14.0. The van der Waals surface area contributed by atoms with Crippen LogP contribution in [0.5, 0.6) is 5.75 Å². The lowest BCUT2D eigenvalue weighted by Gasteiger charge is -2.07. The molecule has 0 fully saturated rings. The van der Waals surface area contributed by atoms with Gasteiger partial charge in [-0.1, -0.05) is 0 Å². The summed E-state index contributed by atoms with van der Waals surface area (Å²) in [6.45, 7) is 0. The van der Waals surface area contributed by atoms with Crippen molar-refractivity contribution in [1.29, 1.82) is 0 Å². The first-order valence-electron chi connectivity index (χ1n) is 5.09. The third-order valence-electron chi connectivity index (χ3n) is 2.26. The minimum atomic E-state index is -0.835. The van der Waals surface area contributed by atoms with E-state index in [1.54, 1.807) is 0 Å². The molecule has 1 heterocycles. The summed E-state index contributed by atoms with van der Waals surface area (Å²) in [4.78, 5) is 15.4. The van der Waals surface area contributed by atoms with Crippen molar-refractivity contribution in [3.63, 3.8) is 0 Å². The molecule has 0 aliphatic rings. The van der Waals surface area contributed by atoms with Gasteiger partial charge in [0.25, 0.3) is 5.91 Å². The van der Waals surface area contributed by atoms with Crippen LogP contribution < -0.4 is 5.32 Å². The van der Waals surface area contributed by atoms with Crippen LogP contribution in [0.2, 0.25) is 0 Å². The number of nitrogens with zero attached hydrogens (tertiary/aromatic N) is 1. The number of benzene rings is 1. The molecule has 2 N–H and O–H groups in total. The summed E-state index contributed by atoms with van der Waals surface area (Å²) < 4.78 is 26.7. The van der Waals surface area contributed by atoms with E-state index in [9.17, 15) is 18.7 Å². The average Bonchev–Trinajstić information content (AvgIpc) is 2.36. The smallest absolute Gasteiger partial charge is 0.278 e. The third kappa shape index (κ3) is 2.87. The van der Waals surface area contributed by atoms with Gasteiger partial charge in [0, 0.05) is 12.3 Å². The Bertz CT molecular complexity index is 650. The second-order valence-corrected chi connectivity index (χ2v) is 4.43. The number of carbonyl (C=O) groups is 1. The monoisotopic (exact) mass is 328 g/mol. The summed E-state index contributed by atoms with van der Waals surface area (Å²) in [5.74, 6) is -2.71. The molecule has 2 aromatic rings. The number of halogens is 3. The lowest BCUT2D eigenvalue weighted by Crippen LogP contribution is -2.15. The summed E-state index contributed by atoms with van der Waals surface area (Å²) in [6, 6.07) is 4.42. The van der Waals surface area contributed by atoms with E-state index in [2.05, 4.69) is 26.2 Å². The highest BCUT2D eigenvalue weighted by molar-refractivity contribution is 9.10. The average molecular weight is 329 g/mol. The highest BCUT2D eigenvalue weighted by Gasteiger charge is 2.15. The molecule has 1 aromatic carbocycles. The molecule has 7 heteroatoms. The van der Waals surface area contributed by atoms with Crippen LogP contribution >= 0.6 is 15.9 Å². The maximum Gasteiger partial charge on any atom is 0.278 e. The van der Waals surface area contributed by atoms with Gasteiger partial charge in [-0.2, -0.15) is 0 Å². The SMILES string of the molecule is O=C(Nc1cc(F)c(Br)cc1F)c1ncccc1O. The molecule has 1 aromatic heterocycles. The normalized spacial score (nSPS) is 10.3. The molecule has 0 atom stereocenters. The van der Waals surface area contributed by atoms with Crippen molar-refractivity contribution in [3.05, 3.63) is 52.3 Å². The van der Waals surface area contributed by atoms with Crippen LogP contribution in [-0.4, -0.2) is 16.0 Å². The number of carbonyl (C=O) groups excluding carboxylic acids is 1. The van der Waals surface area contributed by atoms with Crippen molar-refractivity contribution >= 4 is 27.5 Å². The Morgan fingerprint density at radius 1 is 1.32 bits per heavy atom. The Kier molecular flexibility index (Phi) is 3.75. The van der Waals surface area contributed by atoms with E-state index in [0.29, 0.717) is 0 Å². The molecule has 19 heavy (non-hydrogen) atoms. The number of amides is 1. The Balaban J connectivity index is 2.30. The molecule has 0 aliphatic carbocycles. The summed E-state index contributed by atoms with van der Waals surface area (Å²) in [7, 11) is 0. The van der Waals surface area contributed by atoms with Crippen LogP contribution in [0.25, 0.3) is 0 Å². The van der Waals surface area contributed by atoms with Crippen molar-refractivity contribution in [2.75, 3.05) is 5.32 Å². The van der Waals surface area contributed by atoms with E-state index >= 15 is 0 Å². The second kappa shape index (κ2) is 5.31. The first-order chi connectivity index (χ1) is 8.99. The molecule has 0 saturated heterocycles. The largest absolute Gasteiger partial charge is 0.505 e. The molecule has 0 saturated carbocycles. The van der Waals surface area contributed by atoms with Crippen molar-refractivity contribution in [2.45, 2.75) is 0 Å². The first kappa shape index (κ1) is 13.4. The van der Waals surface area contributed by atoms with Gasteiger partial charge in [-0.05, 0) is 34.1 Å². The molecule has 0 aliphatic heterocycles. The lowest BCUT2D eigenvalue weighted by atomic mass is 10.2. The Labute approximate surface area is 115 Å². The number of hydrogen-bond donors (Lipinski definition) is 2. The van der Waals surface area contributed by atoms with E-state index in [1.165, 1.54) is 18.3 Å². The van der Waals surface area contributed by atoms with Gasteiger partial charge in [-0.15, -0.1) is 0 Å². The lowest BCUT2D eigenvalue weighted by molar-refractivity contribution is 0.101. The Morgan fingerprint density at radius 2 is 2.05 bits per heavy atom. The number of nitrogens with one attached hydrogen (secondary N) is 1. The molecule has 98 valence electrons. The van der Waals surface area contributed by atoms with Crippen LogP contribution in [0.1, 0.15) is 10.5 Å². The molecule has 2 rings (SSSR count). The minimum Gasteiger partial charge on any atom is -0.505 e. The molecule has 4 nitrogen and oxygen atoms in total. The highest BCUT2D eigenvalue weighted by Crippen LogP contribution is 2.24. The van der Waals surface area contributed by atoms with Crippen molar-refractivity contribution in [2.24, 2.45) is 0 Å². The number of hydrogen-bond acceptors (Lipinski definition) is 3. The van der Waals surface area contributed by atoms with Crippen LogP contribution in [0.4, 0.5) is 14.5 Å². The number of rotatable bonds is 2. The number of pyridine rings is 1. The van der Waals surface area contributed by atoms with Crippen LogP contribution in [0, 0.1) is 11.6 Å². The van der Waals surface area contributed by atoms with E-state index in [1.807, 2.05) is 0 Å². The maximum absolute atomic E-state index is 13.5. The van der Waals surface area contributed by atoms with E-state index < -0.39 is 17.5 Å². The van der Waals surface area contributed by atoms with E-state index in [0.717, 1.165) is 12.1 Å². The standard InChI is InChI=1S/C12H7BrF2N2O2/c13-6-4-8(15)9(5-7(6)14)17-12(19)11-10(18)2-1-3-16-11/h1-5,18H,(H,17,19). The first-order valence-corrected chi connectivity index (χ1v) is 5.88. The van der Waals surface area contributed by atoms with Gasteiger partial charge < -0.3 is 10.4 Å². The summed E-state index contributed by atoms with van der Waals surface area (Å²) >= 11 is 2.82. The predicted molar refractivity (Wildman–Crippen MR) is 67.9 cm³/mol. The topological polar surface area (TPSA) is 62.2 Å². The Hall–Kier alpha value is -2.02. The van der Waals surface area contributed by atoms with Crippen LogP contribution in [-0.2, 0) is 0 Å². The van der Waals surface area contributed by atoms with Gasteiger partial charge in [0.05, 0.1) is 10.2 Å². The molecule has 0 spiro atoms. The fraction of sp³-hybridized carbons (Fsp3) is 0. The van der Waals surface area contributed by atoms with Crippen LogP contribution in [0.3, 0.4) is 0 Å². The molecule has 0 bridgehead atoms. The molecule has 0 unspecified atom stereocenters. The van der Waals surface area contributed by atoms with Gasteiger partial charge in [0.1, 0.15) is 17.4 Å². The van der Waals surface area contributed by atoms with Gasteiger partial charge in [0.15, 0.2) is 5.69 Å². The van der Waals surface area contributed by atoms with Crippen molar-refractivity contribution in [1.82, 2.24) is 4.98 Å². The third-order valence-corrected chi connectivity index (χ3v) is 2.87. The van der Waals surface area contributed by atoms with Gasteiger partial charge in [-0.3, -0.25) is 4.79 Å². The van der Waals surface area contributed by atoms with Crippen molar-refractivity contribution in [3.8, 4) is 5.75 Å². The maximum atomic E-state index is 13.5. The fourth-order valence-electron chi connectivity index (χ4n) is 1.37. The molecule has 1 amide bonds. The minimum absolute atomic E-state index is 0.0521. The van der Waals surface area contributed by atoms with Crippen LogP contribution in [0.15, 0.2) is 34.9 Å². The molecule has 0 radical (unpaired) electrons. The zero-order valence-corrected chi connectivity index (χ0v) is 10.9. The number of anilines is 1. The van der Waals surface area contributed by atoms with Gasteiger partial charge in [-0.25, -0.2) is 13.8 Å². The van der Waals surface area contributed by atoms with Gasteiger partial charge in [0.2, 0.25) is 0 Å². The molecular formula is C12H7BrF2N2O2. The van der Waals surface area contributed by atoms with Crippen molar-refractivity contribution < 1.29 is 18.7 Å². The fourth-order valence-corrected chi connectivity index (χ4v) is 1.69. The number of aromatic hydroxyl groups is 1. The zero-order valence-electron chi connectivity index (χ0n) is 9.32. The number of aromatic nitrogens is 1. The molecular weight excluding hydrogens is 322 g/mol. The van der Waals surface area contributed by atoms with E-state index in [4.69, 9.17) is 0 Å². The van der Waals surface area contributed by atoms with E-state index in [-0.39, 0.29) is 21.6 Å². The summed E-state index contributed by atoms with van der Waals surface area (Å²) in [5.41, 5.74) is -0.610. The summed E-state index contributed by atoms with van der Waals surface area (Å²) in [6.07, 6.45) is 1.30. The quantitative estimate of drug-likeness (QED) is 0.833. The summed E-state index contributed by atoms with van der Waals surface area (Å²) in [5, 5.41) is 11.6. The Morgan fingerprint density at radius 3 is 2.74 bits per heavy atom. The predicted octanol–water partition coefficient (Wildman–Crippen LogP) is 3.08. The second-order valence-electron chi connectivity index (χ2n) is 3.57. The van der Waals surface area contributed by atoms with Gasteiger partial charge >= 0.3 is 0 Å². The highest BCUT2D eigenvalue weighted by atomic mass is 79.9.